The second kappa shape index (κ2) is 7.29. The first kappa shape index (κ1) is 14.0. The van der Waals surface area contributed by atoms with Crippen LogP contribution in [-0.4, -0.2) is 30.8 Å². The third-order valence-corrected chi connectivity index (χ3v) is 3.85. The highest BCUT2D eigenvalue weighted by Crippen LogP contribution is 2.25. The molecular formula is C12H19NO3S. The molecule has 0 spiro atoms. The van der Waals surface area contributed by atoms with Crippen molar-refractivity contribution in [3.8, 4) is 5.75 Å². The lowest BCUT2D eigenvalue weighted by molar-refractivity contribution is 0.194. The van der Waals surface area contributed by atoms with Gasteiger partial charge in [-0.05, 0) is 25.0 Å². The number of nitrogens with two attached hydrogens (primary N) is 1. The van der Waals surface area contributed by atoms with Crippen molar-refractivity contribution in [2.24, 2.45) is 0 Å². The first-order chi connectivity index (χ1) is 8.19. The molecule has 0 aliphatic heterocycles. The quantitative estimate of drug-likeness (QED) is 0.598. The lowest BCUT2D eigenvalue weighted by Gasteiger charge is -2.09. The Bertz CT molecular complexity index is 382. The van der Waals surface area contributed by atoms with E-state index in [0.29, 0.717) is 28.7 Å². The number of unbranched alkanes of at least 4 members (excludes halogenated alkanes) is 1. The topological polar surface area (TPSA) is 61.5 Å². The number of ether oxygens (including phenoxy) is 2. The summed E-state index contributed by atoms with van der Waals surface area (Å²) in [4.78, 5) is 0.708. The van der Waals surface area contributed by atoms with E-state index in [1.807, 2.05) is 0 Å². The van der Waals surface area contributed by atoms with E-state index in [9.17, 15) is 4.21 Å². The molecule has 1 unspecified atom stereocenters. The molecule has 0 fully saturated rings. The summed E-state index contributed by atoms with van der Waals surface area (Å²) in [6, 6.07) is 5.20. The van der Waals surface area contributed by atoms with Gasteiger partial charge in [0.1, 0.15) is 5.75 Å². The van der Waals surface area contributed by atoms with Gasteiger partial charge >= 0.3 is 0 Å². The molecule has 0 saturated carbocycles. The van der Waals surface area contributed by atoms with Gasteiger partial charge in [-0.25, -0.2) is 0 Å². The molecule has 96 valence electrons. The number of anilines is 1. The highest BCUT2D eigenvalue weighted by molar-refractivity contribution is 7.85. The number of benzene rings is 1. The first-order valence-electron chi connectivity index (χ1n) is 5.50. The minimum Gasteiger partial charge on any atom is -0.495 e. The zero-order chi connectivity index (χ0) is 12.7. The minimum atomic E-state index is -1.04. The van der Waals surface area contributed by atoms with Crippen LogP contribution in [0.1, 0.15) is 12.8 Å². The summed E-state index contributed by atoms with van der Waals surface area (Å²) in [6.07, 6.45) is 1.79. The van der Waals surface area contributed by atoms with Crippen molar-refractivity contribution in [1.82, 2.24) is 0 Å². The zero-order valence-electron chi connectivity index (χ0n) is 10.3. The van der Waals surface area contributed by atoms with Gasteiger partial charge in [0.2, 0.25) is 0 Å². The third kappa shape index (κ3) is 4.36. The molecule has 0 aliphatic carbocycles. The van der Waals surface area contributed by atoms with Crippen molar-refractivity contribution in [3.63, 3.8) is 0 Å². The van der Waals surface area contributed by atoms with E-state index in [4.69, 9.17) is 15.2 Å². The summed E-state index contributed by atoms with van der Waals surface area (Å²) in [6.45, 7) is 0.704. The van der Waals surface area contributed by atoms with Crippen LogP contribution in [-0.2, 0) is 15.5 Å². The SMILES string of the molecule is COCCCCS(=O)c1ccc(N)cc1OC. The lowest BCUT2D eigenvalue weighted by Crippen LogP contribution is -2.03. The summed E-state index contributed by atoms with van der Waals surface area (Å²) >= 11 is 0. The Morgan fingerprint density at radius 2 is 2.06 bits per heavy atom. The van der Waals surface area contributed by atoms with Crippen LogP contribution in [0, 0.1) is 0 Å². The van der Waals surface area contributed by atoms with Crippen LogP contribution in [0.5, 0.6) is 5.75 Å². The Balaban J connectivity index is 2.62. The fraction of sp³-hybridized carbons (Fsp3) is 0.500. The van der Waals surface area contributed by atoms with Crippen molar-refractivity contribution in [1.29, 1.82) is 0 Å². The molecule has 1 atom stereocenters. The molecule has 0 aromatic heterocycles. The minimum absolute atomic E-state index is 0.593. The molecule has 1 aromatic carbocycles. The Morgan fingerprint density at radius 1 is 1.29 bits per heavy atom. The van der Waals surface area contributed by atoms with E-state index < -0.39 is 10.8 Å². The Morgan fingerprint density at radius 3 is 2.71 bits per heavy atom. The van der Waals surface area contributed by atoms with E-state index >= 15 is 0 Å². The standard InChI is InChI=1S/C12H19NO3S/c1-15-7-3-4-8-17(14)12-6-5-10(13)9-11(12)16-2/h5-6,9H,3-4,7-8,13H2,1-2H3. The van der Waals surface area contributed by atoms with Crippen LogP contribution in [0.15, 0.2) is 23.1 Å². The maximum Gasteiger partial charge on any atom is 0.137 e. The molecular weight excluding hydrogens is 238 g/mol. The monoisotopic (exact) mass is 257 g/mol. The molecule has 0 radical (unpaired) electrons. The van der Waals surface area contributed by atoms with Gasteiger partial charge in [-0.15, -0.1) is 0 Å². The third-order valence-electron chi connectivity index (χ3n) is 2.36. The Hall–Kier alpha value is -1.07. The summed E-state index contributed by atoms with van der Waals surface area (Å²) < 4.78 is 22.2. The number of hydrogen-bond acceptors (Lipinski definition) is 4. The summed E-state index contributed by atoms with van der Waals surface area (Å²) in [5.41, 5.74) is 6.26. The maximum atomic E-state index is 12.0. The number of hydrogen-bond donors (Lipinski definition) is 1. The molecule has 0 aliphatic rings. The van der Waals surface area contributed by atoms with Crippen LogP contribution in [0.4, 0.5) is 5.69 Å². The van der Waals surface area contributed by atoms with E-state index in [0.717, 1.165) is 12.8 Å². The summed E-state index contributed by atoms with van der Waals surface area (Å²) in [5.74, 6) is 1.21. The zero-order valence-corrected chi connectivity index (χ0v) is 11.1. The first-order valence-corrected chi connectivity index (χ1v) is 6.81. The highest BCUT2D eigenvalue weighted by atomic mass is 32.2. The van der Waals surface area contributed by atoms with Gasteiger partial charge in [-0.2, -0.15) is 0 Å². The van der Waals surface area contributed by atoms with Crippen molar-refractivity contribution in [3.05, 3.63) is 18.2 Å². The Labute approximate surface area is 105 Å². The molecule has 2 N–H and O–H groups in total. The molecule has 0 amide bonds. The Kier molecular flexibility index (Phi) is 6.00. The van der Waals surface area contributed by atoms with Crippen LogP contribution in [0.2, 0.25) is 0 Å². The van der Waals surface area contributed by atoms with Gasteiger partial charge in [0, 0.05) is 31.2 Å². The number of methoxy groups -OCH3 is 2. The van der Waals surface area contributed by atoms with Crippen molar-refractivity contribution >= 4 is 16.5 Å². The second-order valence-corrected chi connectivity index (χ2v) is 5.20. The smallest absolute Gasteiger partial charge is 0.137 e. The fourth-order valence-electron chi connectivity index (χ4n) is 1.46. The predicted molar refractivity (Wildman–Crippen MR) is 69.8 cm³/mol. The van der Waals surface area contributed by atoms with E-state index in [1.165, 1.54) is 0 Å². The van der Waals surface area contributed by atoms with Crippen LogP contribution < -0.4 is 10.5 Å². The van der Waals surface area contributed by atoms with Gasteiger partial charge in [0.15, 0.2) is 0 Å². The summed E-state index contributed by atoms with van der Waals surface area (Å²) in [7, 11) is 2.18. The second-order valence-electron chi connectivity index (χ2n) is 3.66. The molecule has 1 rings (SSSR count). The van der Waals surface area contributed by atoms with Gasteiger partial charge in [0.05, 0.1) is 22.8 Å². The summed E-state index contributed by atoms with van der Waals surface area (Å²) in [5, 5.41) is 0. The van der Waals surface area contributed by atoms with Crippen molar-refractivity contribution < 1.29 is 13.7 Å². The largest absolute Gasteiger partial charge is 0.495 e. The van der Waals surface area contributed by atoms with Gasteiger partial charge in [0.25, 0.3) is 0 Å². The van der Waals surface area contributed by atoms with Gasteiger partial charge < -0.3 is 15.2 Å². The average molecular weight is 257 g/mol. The molecule has 0 heterocycles. The van der Waals surface area contributed by atoms with Gasteiger partial charge in [-0.3, -0.25) is 4.21 Å². The van der Waals surface area contributed by atoms with E-state index in [-0.39, 0.29) is 0 Å². The molecule has 17 heavy (non-hydrogen) atoms. The highest BCUT2D eigenvalue weighted by Gasteiger charge is 2.10. The van der Waals surface area contributed by atoms with Crippen LogP contribution >= 0.6 is 0 Å². The van der Waals surface area contributed by atoms with Gasteiger partial charge in [-0.1, -0.05) is 0 Å². The lowest BCUT2D eigenvalue weighted by atomic mass is 10.3. The van der Waals surface area contributed by atoms with Crippen LogP contribution in [0.3, 0.4) is 0 Å². The molecule has 4 nitrogen and oxygen atoms in total. The number of rotatable bonds is 7. The maximum absolute atomic E-state index is 12.0. The van der Waals surface area contributed by atoms with Crippen LogP contribution in [0.25, 0.3) is 0 Å². The van der Waals surface area contributed by atoms with Crippen molar-refractivity contribution in [2.75, 3.05) is 32.3 Å². The average Bonchev–Trinajstić information content (AvgIpc) is 2.34. The molecule has 0 bridgehead atoms. The van der Waals surface area contributed by atoms with E-state index in [2.05, 4.69) is 0 Å². The van der Waals surface area contributed by atoms with Crippen molar-refractivity contribution in [2.45, 2.75) is 17.7 Å². The fourth-order valence-corrected chi connectivity index (χ4v) is 2.73. The molecule has 1 aromatic rings. The number of nitrogen functional groups attached to an aromatic ring is 1. The van der Waals surface area contributed by atoms with E-state index in [1.54, 1.807) is 32.4 Å². The molecule has 5 heteroatoms. The predicted octanol–water partition coefficient (Wildman–Crippen LogP) is 1.81. The normalized spacial score (nSPS) is 12.4. The molecule has 0 saturated heterocycles.